The van der Waals surface area contributed by atoms with Crippen molar-refractivity contribution in [2.45, 2.75) is 366 Å². The van der Waals surface area contributed by atoms with Gasteiger partial charge in [0.05, 0.1) is 25.4 Å². The number of amides is 1. The molecule has 0 aromatic rings. The summed E-state index contributed by atoms with van der Waals surface area (Å²) in [5.74, 6) is -0.0785. The summed E-state index contributed by atoms with van der Waals surface area (Å²) in [6.45, 7) is 4.92. The maximum absolute atomic E-state index is 12.5. The fourth-order valence-electron chi connectivity index (χ4n) is 10.2. The highest BCUT2D eigenvalue weighted by atomic mass is 16.5. The van der Waals surface area contributed by atoms with Crippen LogP contribution in [-0.4, -0.2) is 47.4 Å². The number of unbranched alkanes of at least 4 members (excludes halogenated alkanes) is 45. The Labute approximate surface area is 455 Å². The number of allylic oxidation sites excluding steroid dienone is 6. The molecular weight excluding hydrogens is 899 g/mol. The minimum absolute atomic E-state index is 0.0242. The molecule has 73 heavy (non-hydrogen) atoms. The van der Waals surface area contributed by atoms with E-state index in [4.69, 9.17) is 4.74 Å². The van der Waals surface area contributed by atoms with Crippen LogP contribution in [0.3, 0.4) is 0 Å². The van der Waals surface area contributed by atoms with Crippen molar-refractivity contribution in [3.63, 3.8) is 0 Å². The van der Waals surface area contributed by atoms with Gasteiger partial charge in [0.1, 0.15) is 0 Å². The zero-order valence-electron chi connectivity index (χ0n) is 49.1. The van der Waals surface area contributed by atoms with Crippen LogP contribution in [0.25, 0.3) is 0 Å². The lowest BCUT2D eigenvalue weighted by molar-refractivity contribution is -0.143. The van der Waals surface area contributed by atoms with Gasteiger partial charge in [-0.05, 0) is 83.5 Å². The van der Waals surface area contributed by atoms with Gasteiger partial charge in [0, 0.05) is 12.8 Å². The van der Waals surface area contributed by atoms with Crippen LogP contribution in [-0.2, 0) is 14.3 Å². The normalized spacial score (nSPS) is 12.8. The molecule has 0 radical (unpaired) electrons. The molecule has 0 heterocycles. The van der Waals surface area contributed by atoms with Crippen molar-refractivity contribution in [2.75, 3.05) is 13.2 Å². The third kappa shape index (κ3) is 59.2. The minimum atomic E-state index is -0.681. The summed E-state index contributed by atoms with van der Waals surface area (Å²) in [5, 5.41) is 23.4. The first-order chi connectivity index (χ1) is 36.0. The minimum Gasteiger partial charge on any atom is -0.466 e. The highest BCUT2D eigenvalue weighted by Gasteiger charge is 2.20. The van der Waals surface area contributed by atoms with Crippen LogP contribution in [0.5, 0.6) is 0 Å². The monoisotopic (exact) mass is 1030 g/mol. The van der Waals surface area contributed by atoms with Crippen molar-refractivity contribution in [1.82, 2.24) is 5.32 Å². The molecule has 0 rings (SSSR count). The van der Waals surface area contributed by atoms with E-state index in [1.54, 1.807) is 0 Å². The molecule has 0 aromatic carbocycles. The van der Waals surface area contributed by atoms with E-state index in [1.165, 1.54) is 244 Å². The lowest BCUT2D eigenvalue weighted by Crippen LogP contribution is -2.45. The number of rotatable bonds is 61. The second kappa shape index (κ2) is 62.6. The maximum atomic E-state index is 12.5. The van der Waals surface area contributed by atoms with Crippen molar-refractivity contribution in [3.8, 4) is 0 Å². The predicted octanol–water partition coefficient (Wildman–Crippen LogP) is 20.8. The number of carbonyl (C=O) groups excluding carboxylic acids is 2. The Morgan fingerprint density at radius 1 is 0.384 bits per heavy atom. The SMILES string of the molecule is CCCCCCCC/C=C\CCCCCCCCCC(=O)OCCCCC/C=C\C=C/CCCCCCCCC(=O)NC(CO)C(O)CCCCCCCCCCCCCCCCCCCCCCCCCC. The van der Waals surface area contributed by atoms with E-state index in [0.29, 0.717) is 25.9 Å². The van der Waals surface area contributed by atoms with Crippen molar-refractivity contribution < 1.29 is 24.5 Å². The lowest BCUT2D eigenvalue weighted by Gasteiger charge is -2.22. The number of aliphatic hydroxyl groups excluding tert-OH is 2. The molecular formula is C67H127NO5. The summed E-state index contributed by atoms with van der Waals surface area (Å²) in [5.41, 5.74) is 0. The molecule has 1 amide bonds. The summed E-state index contributed by atoms with van der Waals surface area (Å²) >= 11 is 0. The van der Waals surface area contributed by atoms with Gasteiger partial charge in [-0.2, -0.15) is 0 Å². The quantitative estimate of drug-likeness (QED) is 0.0244. The van der Waals surface area contributed by atoms with Crippen LogP contribution >= 0.6 is 0 Å². The first-order valence-electron chi connectivity index (χ1n) is 32.8. The number of carbonyl (C=O) groups is 2. The molecule has 2 unspecified atom stereocenters. The zero-order chi connectivity index (χ0) is 52.9. The molecule has 2 atom stereocenters. The Kier molecular flexibility index (Phi) is 61.0. The van der Waals surface area contributed by atoms with Gasteiger partial charge in [-0.25, -0.2) is 0 Å². The molecule has 0 aliphatic carbocycles. The predicted molar refractivity (Wildman–Crippen MR) is 319 cm³/mol. The fraction of sp³-hybridized carbons (Fsp3) is 0.881. The van der Waals surface area contributed by atoms with Gasteiger partial charge in [-0.15, -0.1) is 0 Å². The van der Waals surface area contributed by atoms with Gasteiger partial charge in [-0.1, -0.05) is 294 Å². The number of aliphatic hydroxyl groups is 2. The van der Waals surface area contributed by atoms with Crippen LogP contribution in [0, 0.1) is 0 Å². The Hall–Kier alpha value is -1.92. The number of esters is 1. The molecule has 6 heteroatoms. The van der Waals surface area contributed by atoms with Crippen molar-refractivity contribution in [1.29, 1.82) is 0 Å². The van der Waals surface area contributed by atoms with Gasteiger partial charge < -0.3 is 20.3 Å². The molecule has 0 spiro atoms. The summed E-state index contributed by atoms with van der Waals surface area (Å²) in [6.07, 6.45) is 78.8. The summed E-state index contributed by atoms with van der Waals surface area (Å²) < 4.78 is 5.46. The summed E-state index contributed by atoms with van der Waals surface area (Å²) in [4.78, 5) is 24.6. The van der Waals surface area contributed by atoms with Crippen LogP contribution in [0.1, 0.15) is 354 Å². The van der Waals surface area contributed by atoms with E-state index in [0.717, 1.165) is 77.0 Å². The third-order valence-electron chi connectivity index (χ3n) is 15.2. The summed E-state index contributed by atoms with van der Waals surface area (Å²) in [7, 11) is 0. The van der Waals surface area contributed by atoms with Crippen LogP contribution in [0.2, 0.25) is 0 Å². The van der Waals surface area contributed by atoms with Gasteiger partial charge in [-0.3, -0.25) is 9.59 Å². The molecule has 0 aliphatic rings. The van der Waals surface area contributed by atoms with Crippen molar-refractivity contribution in [3.05, 3.63) is 36.5 Å². The molecule has 0 aliphatic heterocycles. The highest BCUT2D eigenvalue weighted by Crippen LogP contribution is 2.18. The Bertz CT molecular complexity index is 1180. The summed E-state index contributed by atoms with van der Waals surface area (Å²) in [6, 6.07) is -0.560. The Morgan fingerprint density at radius 3 is 1.05 bits per heavy atom. The smallest absolute Gasteiger partial charge is 0.305 e. The van der Waals surface area contributed by atoms with E-state index in [9.17, 15) is 19.8 Å². The zero-order valence-corrected chi connectivity index (χ0v) is 49.1. The first-order valence-corrected chi connectivity index (χ1v) is 32.8. The van der Waals surface area contributed by atoms with E-state index >= 15 is 0 Å². The second-order valence-corrected chi connectivity index (χ2v) is 22.5. The Balaban J connectivity index is 3.49. The van der Waals surface area contributed by atoms with Gasteiger partial charge >= 0.3 is 5.97 Å². The molecule has 430 valence electrons. The van der Waals surface area contributed by atoms with Crippen LogP contribution < -0.4 is 5.32 Å². The van der Waals surface area contributed by atoms with Crippen molar-refractivity contribution in [2.24, 2.45) is 0 Å². The average Bonchev–Trinajstić information content (AvgIpc) is 3.39. The van der Waals surface area contributed by atoms with E-state index in [1.807, 2.05) is 0 Å². The molecule has 0 saturated heterocycles. The number of ether oxygens (including phenoxy) is 1. The molecule has 6 nitrogen and oxygen atoms in total. The number of hydrogen-bond donors (Lipinski definition) is 3. The molecule has 0 aromatic heterocycles. The standard InChI is InChI=1S/C67H127NO5/c1-3-5-7-9-11-13-15-17-19-21-22-23-24-25-26-27-29-31-35-39-43-47-51-55-59-65(70)64(63-69)68-66(71)60-56-52-48-44-40-36-32-30-34-38-42-46-50-54-58-62-73-67(72)61-57-53-49-45-41-37-33-28-20-18-16-14-12-10-8-6-4-2/h18,20,30,34,38,42,64-65,69-70H,3-17,19,21-29,31-33,35-37,39-41,43-63H2,1-2H3,(H,68,71)/b20-18-,34-30-,42-38-. The third-order valence-corrected chi connectivity index (χ3v) is 15.2. The largest absolute Gasteiger partial charge is 0.466 e. The van der Waals surface area contributed by atoms with E-state index < -0.39 is 12.1 Å². The number of nitrogens with one attached hydrogen (secondary N) is 1. The average molecular weight is 1030 g/mol. The first kappa shape index (κ1) is 71.1. The topological polar surface area (TPSA) is 95.9 Å². The molecule has 0 bridgehead atoms. The van der Waals surface area contributed by atoms with Crippen LogP contribution in [0.4, 0.5) is 0 Å². The van der Waals surface area contributed by atoms with Crippen molar-refractivity contribution >= 4 is 11.9 Å². The highest BCUT2D eigenvalue weighted by molar-refractivity contribution is 5.76. The Morgan fingerprint density at radius 2 is 0.685 bits per heavy atom. The molecule has 3 N–H and O–H groups in total. The maximum Gasteiger partial charge on any atom is 0.305 e. The van der Waals surface area contributed by atoms with Gasteiger partial charge in [0.25, 0.3) is 0 Å². The van der Waals surface area contributed by atoms with E-state index in [2.05, 4.69) is 55.6 Å². The second-order valence-electron chi connectivity index (χ2n) is 22.5. The number of hydrogen-bond acceptors (Lipinski definition) is 5. The van der Waals surface area contributed by atoms with Crippen LogP contribution in [0.15, 0.2) is 36.5 Å². The lowest BCUT2D eigenvalue weighted by atomic mass is 10.0. The van der Waals surface area contributed by atoms with E-state index in [-0.39, 0.29) is 18.5 Å². The van der Waals surface area contributed by atoms with Gasteiger partial charge in [0.2, 0.25) is 5.91 Å². The molecule has 0 fully saturated rings. The fourth-order valence-corrected chi connectivity index (χ4v) is 10.2. The van der Waals surface area contributed by atoms with Gasteiger partial charge in [0.15, 0.2) is 0 Å². The molecule has 0 saturated carbocycles.